The molecule has 0 aromatic heterocycles. The topological polar surface area (TPSA) is 88.4 Å². The minimum Gasteiger partial charge on any atom is -0.394 e. The fourth-order valence-corrected chi connectivity index (χ4v) is 2.46. The van der Waals surface area contributed by atoms with Crippen LogP contribution < -0.4 is 0 Å². The lowest BCUT2D eigenvalue weighted by Gasteiger charge is -2.37. The van der Waals surface area contributed by atoms with E-state index in [1.165, 1.54) is 0 Å². The first-order chi connectivity index (χ1) is 9.20. The van der Waals surface area contributed by atoms with Gasteiger partial charge in [0, 0.05) is 5.56 Å². The van der Waals surface area contributed by atoms with E-state index >= 15 is 0 Å². The summed E-state index contributed by atoms with van der Waals surface area (Å²) >= 11 is 0. The van der Waals surface area contributed by atoms with Gasteiger partial charge in [0.05, 0.1) is 6.61 Å². The van der Waals surface area contributed by atoms with Crippen LogP contribution in [0.4, 0.5) is 0 Å². The predicted molar refractivity (Wildman–Crippen MR) is 62.9 cm³/mol. The number of aliphatic hydroxyl groups excluding tert-OH is 3. The Labute approximate surface area is 110 Å². The first kappa shape index (κ1) is 13.0. The minimum atomic E-state index is -1.32. The van der Waals surface area contributed by atoms with Gasteiger partial charge in [0.25, 0.3) is 0 Å². The van der Waals surface area contributed by atoms with Crippen LogP contribution in [-0.4, -0.2) is 52.6 Å². The van der Waals surface area contributed by atoms with Gasteiger partial charge >= 0.3 is 0 Å². The van der Waals surface area contributed by atoms with E-state index in [1.807, 2.05) is 30.3 Å². The number of benzene rings is 1. The zero-order valence-electron chi connectivity index (χ0n) is 10.1. The second-order valence-electron chi connectivity index (χ2n) is 4.68. The molecule has 2 saturated heterocycles. The second kappa shape index (κ2) is 5.16. The van der Waals surface area contributed by atoms with Gasteiger partial charge in [0.2, 0.25) is 0 Å². The lowest BCUT2D eigenvalue weighted by Crippen LogP contribution is -2.49. The molecule has 2 unspecified atom stereocenters. The van der Waals surface area contributed by atoms with Crippen LogP contribution in [0.1, 0.15) is 11.9 Å². The first-order valence-electron chi connectivity index (χ1n) is 6.19. The van der Waals surface area contributed by atoms with Crippen molar-refractivity contribution in [1.82, 2.24) is 0 Å². The zero-order valence-corrected chi connectivity index (χ0v) is 10.1. The molecule has 2 aliphatic heterocycles. The highest BCUT2D eigenvalue weighted by Gasteiger charge is 2.52. The highest BCUT2D eigenvalue weighted by molar-refractivity contribution is 5.17. The molecule has 0 spiro atoms. The number of hydrogen-bond acceptors (Lipinski definition) is 6. The van der Waals surface area contributed by atoms with Gasteiger partial charge in [-0.2, -0.15) is 0 Å². The van der Waals surface area contributed by atoms with E-state index in [2.05, 4.69) is 0 Å². The molecular formula is C13H16O6. The Bertz CT molecular complexity index is 424. The van der Waals surface area contributed by atoms with Crippen molar-refractivity contribution < 1.29 is 29.5 Å². The van der Waals surface area contributed by atoms with E-state index in [0.717, 1.165) is 5.56 Å². The summed E-state index contributed by atoms with van der Waals surface area (Å²) in [6, 6.07) is 9.23. The molecule has 19 heavy (non-hydrogen) atoms. The predicted octanol–water partition coefficient (Wildman–Crippen LogP) is -0.460. The molecule has 0 saturated carbocycles. The van der Waals surface area contributed by atoms with E-state index in [1.54, 1.807) is 0 Å². The Kier molecular flexibility index (Phi) is 3.53. The third-order valence-electron chi connectivity index (χ3n) is 3.45. The number of aliphatic hydroxyl groups is 3. The third-order valence-corrected chi connectivity index (χ3v) is 3.45. The maximum Gasteiger partial charge on any atom is 0.184 e. The van der Waals surface area contributed by atoms with Crippen molar-refractivity contribution in [3.05, 3.63) is 35.9 Å². The highest BCUT2D eigenvalue weighted by Crippen LogP contribution is 2.37. The fourth-order valence-electron chi connectivity index (χ4n) is 2.46. The first-order valence-corrected chi connectivity index (χ1v) is 6.19. The summed E-state index contributed by atoms with van der Waals surface area (Å²) in [5, 5.41) is 28.7. The van der Waals surface area contributed by atoms with E-state index in [4.69, 9.17) is 14.2 Å². The molecule has 3 rings (SSSR count). The normalized spacial score (nSPS) is 42.1. The Balaban J connectivity index is 1.83. The van der Waals surface area contributed by atoms with Crippen LogP contribution in [-0.2, 0) is 14.2 Å². The highest BCUT2D eigenvalue weighted by atomic mass is 16.7. The largest absolute Gasteiger partial charge is 0.394 e. The lowest BCUT2D eigenvalue weighted by molar-refractivity contribution is -0.290. The van der Waals surface area contributed by atoms with Crippen molar-refractivity contribution in [2.75, 3.05) is 6.61 Å². The summed E-state index contributed by atoms with van der Waals surface area (Å²) in [5.41, 5.74) is 0.785. The summed E-state index contributed by atoms with van der Waals surface area (Å²) < 4.78 is 16.4. The maximum absolute atomic E-state index is 9.83. The van der Waals surface area contributed by atoms with Gasteiger partial charge in [-0.1, -0.05) is 30.3 Å². The SMILES string of the molecule is OC[C@H]1OC(c2ccccc2)O[C@H]2[C@@H]1OC(O)[C@@H]2O. The molecule has 0 bridgehead atoms. The second-order valence-corrected chi connectivity index (χ2v) is 4.68. The van der Waals surface area contributed by atoms with Gasteiger partial charge in [-0.05, 0) is 0 Å². The van der Waals surface area contributed by atoms with Gasteiger partial charge in [-0.3, -0.25) is 0 Å². The van der Waals surface area contributed by atoms with Crippen LogP contribution in [0.25, 0.3) is 0 Å². The molecule has 3 N–H and O–H groups in total. The molecule has 2 fully saturated rings. The Morgan fingerprint density at radius 3 is 2.37 bits per heavy atom. The van der Waals surface area contributed by atoms with Gasteiger partial charge in [-0.25, -0.2) is 0 Å². The molecule has 0 radical (unpaired) electrons. The van der Waals surface area contributed by atoms with Crippen LogP contribution in [0.3, 0.4) is 0 Å². The Morgan fingerprint density at radius 1 is 0.947 bits per heavy atom. The summed E-state index contributed by atoms with van der Waals surface area (Å²) in [6.07, 6.45) is -5.18. The van der Waals surface area contributed by atoms with E-state index in [-0.39, 0.29) is 6.61 Å². The van der Waals surface area contributed by atoms with Gasteiger partial charge in [0.15, 0.2) is 12.6 Å². The van der Waals surface area contributed by atoms with Crippen molar-refractivity contribution in [3.63, 3.8) is 0 Å². The number of fused-ring (bicyclic) bond motifs is 1. The van der Waals surface area contributed by atoms with Crippen LogP contribution in [0.5, 0.6) is 0 Å². The number of ether oxygens (including phenoxy) is 3. The monoisotopic (exact) mass is 268 g/mol. The van der Waals surface area contributed by atoms with Crippen molar-refractivity contribution in [1.29, 1.82) is 0 Å². The molecule has 1 aromatic rings. The smallest absolute Gasteiger partial charge is 0.184 e. The summed E-state index contributed by atoms with van der Waals surface area (Å²) in [4.78, 5) is 0. The summed E-state index contributed by atoms with van der Waals surface area (Å²) in [7, 11) is 0. The van der Waals surface area contributed by atoms with Gasteiger partial charge < -0.3 is 29.5 Å². The molecule has 1 aromatic carbocycles. The molecule has 2 heterocycles. The molecule has 0 aliphatic carbocycles. The van der Waals surface area contributed by atoms with E-state index in [0.29, 0.717) is 0 Å². The molecule has 104 valence electrons. The number of hydrogen-bond donors (Lipinski definition) is 3. The Hall–Kier alpha value is -1.02. The van der Waals surface area contributed by atoms with Crippen LogP contribution in [0.15, 0.2) is 30.3 Å². The number of rotatable bonds is 2. The quantitative estimate of drug-likeness (QED) is 0.672. The van der Waals surface area contributed by atoms with E-state index in [9.17, 15) is 15.3 Å². The molecule has 0 amide bonds. The van der Waals surface area contributed by atoms with E-state index < -0.39 is 37.0 Å². The van der Waals surface area contributed by atoms with Gasteiger partial charge in [-0.15, -0.1) is 0 Å². The third kappa shape index (κ3) is 2.27. The molecule has 6 heteroatoms. The van der Waals surface area contributed by atoms with Crippen LogP contribution in [0.2, 0.25) is 0 Å². The van der Waals surface area contributed by atoms with Crippen LogP contribution in [0, 0.1) is 0 Å². The molecule has 2 aliphatic rings. The fraction of sp³-hybridized carbons (Fsp3) is 0.538. The standard InChI is InChI=1S/C13H16O6/c14-6-8-10-11(9(15)12(16)18-10)19-13(17-8)7-4-2-1-3-5-7/h1-5,8-16H,6H2/t8-,9-,10-,11-,12?,13?/m1/s1. The average molecular weight is 268 g/mol. The molecule has 6 nitrogen and oxygen atoms in total. The van der Waals surface area contributed by atoms with Crippen LogP contribution >= 0.6 is 0 Å². The summed E-state index contributed by atoms with van der Waals surface area (Å²) in [5.74, 6) is 0. The lowest BCUT2D eigenvalue weighted by atomic mass is 10.0. The average Bonchev–Trinajstić information content (AvgIpc) is 2.75. The van der Waals surface area contributed by atoms with Gasteiger partial charge in [0.1, 0.15) is 24.4 Å². The minimum absolute atomic E-state index is 0.271. The Morgan fingerprint density at radius 2 is 1.68 bits per heavy atom. The zero-order chi connectivity index (χ0) is 13.4. The van der Waals surface area contributed by atoms with Crippen molar-refractivity contribution in [3.8, 4) is 0 Å². The maximum atomic E-state index is 9.83. The molecule has 6 atom stereocenters. The van der Waals surface area contributed by atoms with Crippen molar-refractivity contribution in [2.24, 2.45) is 0 Å². The van der Waals surface area contributed by atoms with Crippen molar-refractivity contribution in [2.45, 2.75) is 37.0 Å². The molecular weight excluding hydrogens is 252 g/mol. The van der Waals surface area contributed by atoms with Crippen molar-refractivity contribution >= 4 is 0 Å². The summed E-state index contributed by atoms with van der Waals surface area (Å²) in [6.45, 7) is -0.271.